The molecular formula is C20H21N7O. The van der Waals surface area contributed by atoms with Gasteiger partial charge in [-0.05, 0) is 32.0 Å². The van der Waals surface area contributed by atoms with Crippen LogP contribution in [-0.2, 0) is 7.05 Å². The molecule has 8 heteroatoms. The van der Waals surface area contributed by atoms with Crippen molar-refractivity contribution in [2.45, 2.75) is 13.8 Å². The number of hydrogen-bond donors (Lipinski definition) is 1. The van der Waals surface area contributed by atoms with Crippen LogP contribution in [-0.4, -0.2) is 39.8 Å². The molecule has 0 aromatic carbocycles. The van der Waals surface area contributed by atoms with E-state index in [9.17, 15) is 10.1 Å². The zero-order valence-corrected chi connectivity index (χ0v) is 16.5. The highest BCUT2D eigenvalue weighted by atomic mass is 16.2. The molecule has 3 rings (SSSR count). The van der Waals surface area contributed by atoms with E-state index in [1.165, 1.54) is 4.68 Å². The van der Waals surface area contributed by atoms with Gasteiger partial charge in [-0.1, -0.05) is 0 Å². The summed E-state index contributed by atoms with van der Waals surface area (Å²) in [6.07, 6.45) is 3.31. The van der Waals surface area contributed by atoms with Crippen LogP contribution < -0.4 is 10.2 Å². The van der Waals surface area contributed by atoms with E-state index in [0.29, 0.717) is 22.8 Å². The predicted molar refractivity (Wildman–Crippen MR) is 107 cm³/mol. The summed E-state index contributed by atoms with van der Waals surface area (Å²) in [6, 6.07) is 7.51. The van der Waals surface area contributed by atoms with Gasteiger partial charge >= 0.3 is 0 Å². The Morgan fingerprint density at radius 3 is 2.54 bits per heavy atom. The second-order valence-electron chi connectivity index (χ2n) is 6.71. The Kier molecular flexibility index (Phi) is 5.09. The Balaban J connectivity index is 1.95. The molecule has 0 fully saturated rings. The standard InChI is InChI=1S/C20H21N7O/c1-12-6-18(27(5)25-12)20(28)24-16-8-17(13(2)22-11-16)15-7-14(9-21)19(23-10-15)26(3)4/h6-8,10-11H,1-5H3,(H,24,28). The molecule has 3 aromatic rings. The van der Waals surface area contributed by atoms with Crippen LogP contribution in [0.3, 0.4) is 0 Å². The van der Waals surface area contributed by atoms with Gasteiger partial charge in [0.15, 0.2) is 0 Å². The molecule has 8 nitrogen and oxygen atoms in total. The fourth-order valence-corrected chi connectivity index (χ4v) is 2.96. The highest BCUT2D eigenvalue weighted by Gasteiger charge is 2.15. The minimum Gasteiger partial charge on any atom is -0.362 e. The molecule has 0 unspecified atom stereocenters. The van der Waals surface area contributed by atoms with Crippen LogP contribution in [0, 0.1) is 25.2 Å². The molecule has 28 heavy (non-hydrogen) atoms. The van der Waals surface area contributed by atoms with Crippen LogP contribution >= 0.6 is 0 Å². The molecule has 0 radical (unpaired) electrons. The molecule has 0 atom stereocenters. The monoisotopic (exact) mass is 375 g/mol. The van der Waals surface area contributed by atoms with Crippen molar-refractivity contribution in [1.29, 1.82) is 5.26 Å². The van der Waals surface area contributed by atoms with Gasteiger partial charge in [0.1, 0.15) is 17.6 Å². The van der Waals surface area contributed by atoms with Crippen LogP contribution in [0.1, 0.15) is 27.4 Å². The average Bonchev–Trinajstić information content (AvgIpc) is 3.00. The molecule has 142 valence electrons. The maximum absolute atomic E-state index is 12.5. The second kappa shape index (κ2) is 7.48. The number of anilines is 2. The summed E-state index contributed by atoms with van der Waals surface area (Å²) >= 11 is 0. The van der Waals surface area contributed by atoms with Crippen molar-refractivity contribution in [1.82, 2.24) is 19.7 Å². The van der Waals surface area contributed by atoms with E-state index in [-0.39, 0.29) is 5.91 Å². The first-order chi connectivity index (χ1) is 13.3. The first kappa shape index (κ1) is 19.0. The van der Waals surface area contributed by atoms with Crippen molar-refractivity contribution in [3.05, 3.63) is 53.2 Å². The van der Waals surface area contributed by atoms with Crippen LogP contribution in [0.15, 0.2) is 30.6 Å². The molecular weight excluding hydrogens is 354 g/mol. The Morgan fingerprint density at radius 2 is 1.93 bits per heavy atom. The third-order valence-electron chi connectivity index (χ3n) is 4.30. The molecule has 0 saturated carbocycles. The molecule has 0 spiro atoms. The minimum absolute atomic E-state index is 0.265. The van der Waals surface area contributed by atoms with Crippen molar-refractivity contribution < 1.29 is 4.79 Å². The quantitative estimate of drug-likeness (QED) is 0.752. The van der Waals surface area contributed by atoms with Gasteiger partial charge in [-0.3, -0.25) is 14.5 Å². The summed E-state index contributed by atoms with van der Waals surface area (Å²) in [7, 11) is 5.40. The first-order valence-corrected chi connectivity index (χ1v) is 8.66. The third-order valence-corrected chi connectivity index (χ3v) is 4.30. The van der Waals surface area contributed by atoms with Gasteiger partial charge in [0.05, 0.1) is 23.1 Å². The molecule has 1 amide bonds. The summed E-state index contributed by atoms with van der Waals surface area (Å²) < 4.78 is 1.54. The van der Waals surface area contributed by atoms with Gasteiger partial charge in [-0.15, -0.1) is 0 Å². The van der Waals surface area contributed by atoms with Gasteiger partial charge in [-0.2, -0.15) is 10.4 Å². The number of aryl methyl sites for hydroxylation is 3. The SMILES string of the molecule is Cc1cc(C(=O)Nc2cnc(C)c(-c3cnc(N(C)C)c(C#N)c3)c2)n(C)n1. The molecule has 1 N–H and O–H groups in total. The maximum Gasteiger partial charge on any atom is 0.273 e. The number of nitriles is 1. The molecule has 0 aliphatic rings. The molecule has 0 saturated heterocycles. The van der Waals surface area contributed by atoms with Crippen molar-refractivity contribution in [3.8, 4) is 17.2 Å². The minimum atomic E-state index is -0.265. The Bertz CT molecular complexity index is 1090. The van der Waals surface area contributed by atoms with Crippen molar-refractivity contribution in [3.63, 3.8) is 0 Å². The highest BCUT2D eigenvalue weighted by Crippen LogP contribution is 2.28. The van der Waals surface area contributed by atoms with Crippen molar-refractivity contribution in [2.24, 2.45) is 7.05 Å². The van der Waals surface area contributed by atoms with E-state index < -0.39 is 0 Å². The smallest absolute Gasteiger partial charge is 0.273 e. The van der Waals surface area contributed by atoms with E-state index in [2.05, 4.69) is 26.5 Å². The lowest BCUT2D eigenvalue weighted by atomic mass is 10.0. The lowest BCUT2D eigenvalue weighted by molar-refractivity contribution is 0.101. The Morgan fingerprint density at radius 1 is 1.18 bits per heavy atom. The molecule has 3 aromatic heterocycles. The van der Waals surface area contributed by atoms with Crippen molar-refractivity contribution in [2.75, 3.05) is 24.3 Å². The lowest BCUT2D eigenvalue weighted by Gasteiger charge is -2.15. The lowest BCUT2D eigenvalue weighted by Crippen LogP contribution is -2.16. The maximum atomic E-state index is 12.5. The fourth-order valence-electron chi connectivity index (χ4n) is 2.96. The largest absolute Gasteiger partial charge is 0.362 e. The van der Waals surface area contributed by atoms with Gasteiger partial charge in [0.2, 0.25) is 0 Å². The number of carbonyl (C=O) groups is 1. The summed E-state index contributed by atoms with van der Waals surface area (Å²) in [5.74, 6) is 0.339. The fraction of sp³-hybridized carbons (Fsp3) is 0.250. The van der Waals surface area contributed by atoms with Crippen LogP contribution in [0.2, 0.25) is 0 Å². The number of amides is 1. The molecule has 0 aliphatic carbocycles. The topological polar surface area (TPSA) is 99.7 Å². The number of carbonyl (C=O) groups excluding carboxylic acids is 1. The predicted octanol–water partition coefficient (Wildman–Crippen LogP) is 2.68. The number of rotatable bonds is 4. The summed E-state index contributed by atoms with van der Waals surface area (Å²) in [6.45, 7) is 3.71. The second-order valence-corrected chi connectivity index (χ2v) is 6.71. The summed E-state index contributed by atoms with van der Waals surface area (Å²) in [4.78, 5) is 23.1. The van der Waals surface area contributed by atoms with Crippen molar-refractivity contribution >= 4 is 17.4 Å². The molecule has 0 bridgehead atoms. The summed E-state index contributed by atoms with van der Waals surface area (Å²) in [5, 5.41) is 16.5. The highest BCUT2D eigenvalue weighted by molar-refractivity contribution is 6.03. The number of nitrogens with one attached hydrogen (secondary N) is 1. The van der Waals surface area contributed by atoms with E-state index in [1.807, 2.05) is 34.0 Å². The summed E-state index contributed by atoms with van der Waals surface area (Å²) in [5.41, 5.74) is 4.60. The van der Waals surface area contributed by atoms with E-state index in [0.717, 1.165) is 22.5 Å². The van der Waals surface area contributed by atoms with Gasteiger partial charge in [0.25, 0.3) is 5.91 Å². The van der Waals surface area contributed by atoms with Gasteiger partial charge in [0, 0.05) is 44.2 Å². The molecule has 0 aliphatic heterocycles. The number of hydrogen-bond acceptors (Lipinski definition) is 6. The van der Waals surface area contributed by atoms with Crippen LogP contribution in [0.25, 0.3) is 11.1 Å². The van der Waals surface area contributed by atoms with E-state index in [4.69, 9.17) is 0 Å². The van der Waals surface area contributed by atoms with Gasteiger partial charge in [-0.25, -0.2) is 4.98 Å². The van der Waals surface area contributed by atoms with E-state index >= 15 is 0 Å². The number of aromatic nitrogens is 4. The molecule has 3 heterocycles. The number of nitrogens with zero attached hydrogens (tertiary/aromatic N) is 6. The average molecular weight is 375 g/mol. The van der Waals surface area contributed by atoms with E-state index in [1.54, 1.807) is 36.5 Å². The first-order valence-electron chi connectivity index (χ1n) is 8.66. The van der Waals surface area contributed by atoms with Crippen LogP contribution in [0.4, 0.5) is 11.5 Å². The Labute approximate surface area is 163 Å². The zero-order valence-electron chi connectivity index (χ0n) is 16.5. The normalized spacial score (nSPS) is 10.4. The Hall–Kier alpha value is -3.73. The van der Waals surface area contributed by atoms with Crippen LogP contribution in [0.5, 0.6) is 0 Å². The van der Waals surface area contributed by atoms with Gasteiger partial charge < -0.3 is 10.2 Å². The number of pyridine rings is 2. The third kappa shape index (κ3) is 3.69. The zero-order chi connectivity index (χ0) is 20.4.